The lowest BCUT2D eigenvalue weighted by Gasteiger charge is -2.44. The molecule has 0 saturated heterocycles. The number of aliphatic hydroxyl groups is 2. The van der Waals surface area contributed by atoms with Crippen LogP contribution in [0.3, 0.4) is 0 Å². The highest BCUT2D eigenvalue weighted by atomic mass is 16.3. The number of rotatable bonds is 1. The fourth-order valence-corrected chi connectivity index (χ4v) is 6.42. The summed E-state index contributed by atoms with van der Waals surface area (Å²) >= 11 is 0. The Hall–Kier alpha value is -0.0800. The van der Waals surface area contributed by atoms with Crippen LogP contribution in [-0.4, -0.2) is 22.4 Å². The van der Waals surface area contributed by atoms with Crippen molar-refractivity contribution in [2.24, 2.45) is 35.0 Å². The molecule has 4 fully saturated rings. The first kappa shape index (κ1) is 18.7. The molecular formula is C22H40O2. The van der Waals surface area contributed by atoms with Crippen LogP contribution in [-0.2, 0) is 0 Å². The zero-order valence-corrected chi connectivity index (χ0v) is 16.2. The molecule has 0 spiro atoms. The Morgan fingerprint density at radius 2 is 1.33 bits per heavy atom. The molecule has 4 rings (SSSR count). The molecule has 4 aliphatic rings. The molecule has 0 aromatic carbocycles. The van der Waals surface area contributed by atoms with Crippen molar-refractivity contribution < 1.29 is 10.2 Å². The second kappa shape index (κ2) is 7.66. The molecule has 0 aliphatic heterocycles. The zero-order valence-electron chi connectivity index (χ0n) is 16.2. The summed E-state index contributed by atoms with van der Waals surface area (Å²) in [6, 6.07) is 0. The summed E-state index contributed by atoms with van der Waals surface area (Å²) < 4.78 is 0. The van der Waals surface area contributed by atoms with E-state index in [1.807, 2.05) is 0 Å². The van der Waals surface area contributed by atoms with E-state index in [1.54, 1.807) is 0 Å². The molecule has 4 aliphatic carbocycles. The minimum atomic E-state index is 0.0104. The van der Waals surface area contributed by atoms with Gasteiger partial charge in [-0.05, 0) is 80.0 Å². The van der Waals surface area contributed by atoms with Crippen molar-refractivity contribution >= 4 is 0 Å². The van der Waals surface area contributed by atoms with E-state index < -0.39 is 0 Å². The van der Waals surface area contributed by atoms with Crippen LogP contribution < -0.4 is 0 Å². The minimum Gasteiger partial charge on any atom is -0.393 e. The second-order valence-electron chi connectivity index (χ2n) is 9.98. The third-order valence-electron chi connectivity index (χ3n) is 8.40. The summed E-state index contributed by atoms with van der Waals surface area (Å²) in [6.45, 7) is 7.44. The Labute approximate surface area is 149 Å². The van der Waals surface area contributed by atoms with Gasteiger partial charge in [0.05, 0.1) is 12.2 Å². The van der Waals surface area contributed by atoms with Gasteiger partial charge in [-0.3, -0.25) is 0 Å². The molecule has 0 aromatic heterocycles. The highest BCUT2D eigenvalue weighted by molar-refractivity contribution is 5.05. The molecule has 140 valence electrons. The molecule has 0 amide bonds. The molecule has 2 nitrogen and oxygen atoms in total. The summed E-state index contributed by atoms with van der Waals surface area (Å²) in [5.41, 5.74) is 0.578. The minimum absolute atomic E-state index is 0.0104. The molecule has 2 heteroatoms. The highest BCUT2D eigenvalue weighted by Crippen LogP contribution is 2.63. The quantitative estimate of drug-likeness (QED) is 0.693. The van der Waals surface area contributed by atoms with Crippen LogP contribution >= 0.6 is 0 Å². The summed E-state index contributed by atoms with van der Waals surface area (Å²) in [7, 11) is 0. The lowest BCUT2D eigenvalue weighted by atomic mass is 9.62. The topological polar surface area (TPSA) is 40.5 Å². The molecule has 6 unspecified atom stereocenters. The highest BCUT2D eigenvalue weighted by Gasteiger charge is 2.56. The fourth-order valence-electron chi connectivity index (χ4n) is 6.42. The van der Waals surface area contributed by atoms with Gasteiger partial charge in [0.15, 0.2) is 0 Å². The van der Waals surface area contributed by atoms with Crippen molar-refractivity contribution in [3.05, 3.63) is 0 Å². The van der Waals surface area contributed by atoms with Gasteiger partial charge in [0, 0.05) is 0 Å². The molecule has 2 N–H and O–H groups in total. The lowest BCUT2D eigenvalue weighted by molar-refractivity contribution is 0.0247. The third-order valence-corrected chi connectivity index (χ3v) is 8.40. The van der Waals surface area contributed by atoms with E-state index in [9.17, 15) is 5.11 Å². The van der Waals surface area contributed by atoms with Crippen LogP contribution in [0.2, 0.25) is 0 Å². The largest absolute Gasteiger partial charge is 0.393 e. The third kappa shape index (κ3) is 3.85. The van der Waals surface area contributed by atoms with Crippen LogP contribution in [0.25, 0.3) is 0 Å². The number of aliphatic hydroxyl groups excluding tert-OH is 2. The Morgan fingerprint density at radius 3 is 1.83 bits per heavy atom. The molecule has 0 heterocycles. The van der Waals surface area contributed by atoms with Crippen molar-refractivity contribution in [3.8, 4) is 0 Å². The molecular weight excluding hydrogens is 296 g/mol. The predicted octanol–water partition coefficient (Wildman–Crippen LogP) is 5.17. The smallest absolute Gasteiger partial charge is 0.0543 e. The van der Waals surface area contributed by atoms with Crippen LogP contribution in [0.4, 0.5) is 0 Å². The van der Waals surface area contributed by atoms with Gasteiger partial charge in [-0.2, -0.15) is 0 Å². The first-order valence-corrected chi connectivity index (χ1v) is 10.8. The standard InChI is InChI=1S/C16H28O.C6H12O/c1-10-14-8-12(16(10,2)3)9-15(14)11-5-4-6-13(17)7-11;7-6-4-2-1-3-5-6/h10-15,17H,4-9H2,1-3H3;6-7H,1-5H2. The Balaban J connectivity index is 0.000000203. The van der Waals surface area contributed by atoms with Crippen LogP contribution in [0, 0.1) is 35.0 Å². The number of hydrogen-bond donors (Lipinski definition) is 2. The Morgan fingerprint density at radius 1 is 0.708 bits per heavy atom. The maximum atomic E-state index is 9.88. The maximum absolute atomic E-state index is 9.88. The van der Waals surface area contributed by atoms with Crippen LogP contribution in [0.15, 0.2) is 0 Å². The molecule has 6 atom stereocenters. The lowest BCUT2D eigenvalue weighted by Crippen LogP contribution is -2.37. The van der Waals surface area contributed by atoms with Crippen LogP contribution in [0.5, 0.6) is 0 Å². The summed E-state index contributed by atoms with van der Waals surface area (Å²) in [5, 5.41) is 18.8. The maximum Gasteiger partial charge on any atom is 0.0543 e. The van der Waals surface area contributed by atoms with Crippen molar-refractivity contribution in [1.82, 2.24) is 0 Å². The fraction of sp³-hybridized carbons (Fsp3) is 1.00. The molecule has 4 saturated carbocycles. The van der Waals surface area contributed by atoms with Gasteiger partial charge < -0.3 is 10.2 Å². The summed E-state index contributed by atoms with van der Waals surface area (Å²) in [4.78, 5) is 0. The Bertz CT molecular complexity index is 395. The number of fused-ring (bicyclic) bond motifs is 2. The van der Waals surface area contributed by atoms with E-state index in [-0.39, 0.29) is 12.2 Å². The van der Waals surface area contributed by atoms with Crippen molar-refractivity contribution in [3.63, 3.8) is 0 Å². The average molecular weight is 337 g/mol. The van der Waals surface area contributed by atoms with Crippen LogP contribution in [0.1, 0.15) is 91.4 Å². The Kier molecular flexibility index (Phi) is 5.97. The SMILES string of the molecule is CC1C2CC(CC2C2CCCC(O)C2)C1(C)C.OC1CCCCC1. The van der Waals surface area contributed by atoms with Gasteiger partial charge in [0.1, 0.15) is 0 Å². The molecule has 2 bridgehead atoms. The van der Waals surface area contributed by atoms with E-state index in [1.165, 1.54) is 44.9 Å². The van der Waals surface area contributed by atoms with E-state index in [0.717, 1.165) is 55.3 Å². The van der Waals surface area contributed by atoms with Gasteiger partial charge in [-0.15, -0.1) is 0 Å². The van der Waals surface area contributed by atoms with E-state index in [4.69, 9.17) is 5.11 Å². The molecule has 24 heavy (non-hydrogen) atoms. The van der Waals surface area contributed by atoms with Crippen molar-refractivity contribution in [2.45, 2.75) is 104 Å². The van der Waals surface area contributed by atoms with E-state index in [2.05, 4.69) is 20.8 Å². The summed E-state index contributed by atoms with van der Waals surface area (Å²) in [5.74, 6) is 4.60. The van der Waals surface area contributed by atoms with E-state index >= 15 is 0 Å². The first-order chi connectivity index (χ1) is 11.4. The zero-order chi connectivity index (χ0) is 17.3. The van der Waals surface area contributed by atoms with Gasteiger partial charge in [-0.1, -0.05) is 46.5 Å². The second-order valence-corrected chi connectivity index (χ2v) is 9.98. The van der Waals surface area contributed by atoms with Gasteiger partial charge >= 0.3 is 0 Å². The van der Waals surface area contributed by atoms with Crippen molar-refractivity contribution in [2.75, 3.05) is 0 Å². The molecule has 0 radical (unpaired) electrons. The van der Waals surface area contributed by atoms with Gasteiger partial charge in [0.2, 0.25) is 0 Å². The molecule has 0 aromatic rings. The average Bonchev–Trinajstić information content (AvgIpc) is 3.08. The number of hydrogen-bond acceptors (Lipinski definition) is 2. The summed E-state index contributed by atoms with van der Waals surface area (Å²) in [6.07, 6.45) is 13.7. The monoisotopic (exact) mass is 336 g/mol. The first-order valence-electron chi connectivity index (χ1n) is 10.8. The van der Waals surface area contributed by atoms with Crippen molar-refractivity contribution in [1.29, 1.82) is 0 Å². The van der Waals surface area contributed by atoms with Gasteiger partial charge in [0.25, 0.3) is 0 Å². The predicted molar refractivity (Wildman–Crippen MR) is 99.7 cm³/mol. The van der Waals surface area contributed by atoms with E-state index in [0.29, 0.717) is 5.41 Å². The van der Waals surface area contributed by atoms with Gasteiger partial charge in [-0.25, -0.2) is 0 Å². The normalized spacial score (nSPS) is 44.9.